The van der Waals surface area contributed by atoms with Gasteiger partial charge in [0.2, 0.25) is 0 Å². The van der Waals surface area contributed by atoms with E-state index in [2.05, 4.69) is 194 Å². The average molecular weight is 633 g/mol. The molecule has 0 unspecified atom stereocenters. The van der Waals surface area contributed by atoms with Crippen molar-refractivity contribution in [2.75, 3.05) is 0 Å². The molecular formula is C50H32. The third-order valence-corrected chi connectivity index (χ3v) is 10.4. The summed E-state index contributed by atoms with van der Waals surface area (Å²) in [7, 11) is 0. The van der Waals surface area contributed by atoms with Crippen LogP contribution >= 0.6 is 0 Å². The quantitative estimate of drug-likeness (QED) is 0.169. The van der Waals surface area contributed by atoms with E-state index in [4.69, 9.17) is 0 Å². The van der Waals surface area contributed by atoms with Crippen molar-refractivity contribution in [3.63, 3.8) is 0 Å². The summed E-state index contributed by atoms with van der Waals surface area (Å²) >= 11 is 0. The molecule has 0 aliphatic heterocycles. The second kappa shape index (κ2) is 11.6. The summed E-state index contributed by atoms with van der Waals surface area (Å²) < 4.78 is 0. The molecule has 0 aliphatic carbocycles. The first-order valence-electron chi connectivity index (χ1n) is 17.4. The van der Waals surface area contributed by atoms with Crippen molar-refractivity contribution in [2.24, 2.45) is 0 Å². The summed E-state index contributed by atoms with van der Waals surface area (Å²) in [6.07, 6.45) is 0. The van der Waals surface area contributed by atoms with E-state index in [-0.39, 0.29) is 0 Å². The fourth-order valence-electron chi connectivity index (χ4n) is 8.23. The highest BCUT2D eigenvalue weighted by Crippen LogP contribution is 2.50. The fourth-order valence-corrected chi connectivity index (χ4v) is 8.23. The molecule has 0 atom stereocenters. The van der Waals surface area contributed by atoms with Crippen LogP contribution in [0.5, 0.6) is 0 Å². The molecule has 10 rings (SSSR count). The molecule has 0 heteroatoms. The van der Waals surface area contributed by atoms with Crippen LogP contribution < -0.4 is 0 Å². The normalized spacial score (nSPS) is 11.6. The molecule has 0 radical (unpaired) electrons. The molecule has 0 amide bonds. The molecule has 0 bridgehead atoms. The van der Waals surface area contributed by atoms with E-state index in [1.165, 1.54) is 98.4 Å². The summed E-state index contributed by atoms with van der Waals surface area (Å²) in [4.78, 5) is 0. The Morgan fingerprint density at radius 2 is 0.580 bits per heavy atom. The van der Waals surface area contributed by atoms with Gasteiger partial charge in [0, 0.05) is 0 Å². The number of fused-ring (bicyclic) bond motifs is 5. The molecule has 0 fully saturated rings. The van der Waals surface area contributed by atoms with Crippen molar-refractivity contribution >= 4 is 53.9 Å². The Bertz CT molecular complexity index is 2840. The van der Waals surface area contributed by atoms with Crippen LogP contribution in [0.4, 0.5) is 0 Å². The third kappa shape index (κ3) is 4.46. The van der Waals surface area contributed by atoms with Crippen LogP contribution in [0.2, 0.25) is 0 Å². The molecule has 0 saturated carbocycles. The monoisotopic (exact) mass is 632 g/mol. The maximum Gasteiger partial charge on any atom is -0.00139 e. The van der Waals surface area contributed by atoms with Gasteiger partial charge < -0.3 is 0 Å². The molecule has 0 aliphatic rings. The van der Waals surface area contributed by atoms with Gasteiger partial charge in [-0.15, -0.1) is 0 Å². The van der Waals surface area contributed by atoms with Gasteiger partial charge in [-0.05, 0) is 111 Å². The second-order valence-corrected chi connectivity index (χ2v) is 13.2. The van der Waals surface area contributed by atoms with Crippen LogP contribution in [0.25, 0.3) is 98.4 Å². The first kappa shape index (κ1) is 28.5. The minimum atomic E-state index is 1.22. The first-order valence-corrected chi connectivity index (χ1v) is 17.4. The molecule has 0 heterocycles. The summed E-state index contributed by atoms with van der Waals surface area (Å²) in [6, 6.07) is 71.4. The molecule has 0 N–H and O–H groups in total. The molecule has 0 saturated heterocycles. The van der Waals surface area contributed by atoms with Crippen LogP contribution in [0, 0.1) is 0 Å². The zero-order valence-corrected chi connectivity index (χ0v) is 27.5. The van der Waals surface area contributed by atoms with E-state index in [1.54, 1.807) is 0 Å². The molecule has 10 aromatic rings. The minimum Gasteiger partial charge on any atom is -0.0622 e. The Kier molecular flexibility index (Phi) is 6.60. The van der Waals surface area contributed by atoms with E-state index in [1.807, 2.05) is 0 Å². The average Bonchev–Trinajstić information content (AvgIpc) is 3.19. The molecule has 50 heavy (non-hydrogen) atoms. The zero-order valence-electron chi connectivity index (χ0n) is 27.5. The van der Waals surface area contributed by atoms with Gasteiger partial charge in [-0.2, -0.15) is 0 Å². The Morgan fingerprint density at radius 3 is 1.14 bits per heavy atom. The van der Waals surface area contributed by atoms with Crippen LogP contribution in [-0.2, 0) is 0 Å². The highest BCUT2D eigenvalue weighted by molar-refractivity contribution is 6.30. The van der Waals surface area contributed by atoms with Crippen molar-refractivity contribution in [3.8, 4) is 44.5 Å². The largest absolute Gasteiger partial charge is 0.0622 e. The first-order chi connectivity index (χ1) is 24.8. The van der Waals surface area contributed by atoms with Crippen molar-refractivity contribution in [3.05, 3.63) is 194 Å². The molecule has 232 valence electrons. The van der Waals surface area contributed by atoms with Gasteiger partial charge in [0.1, 0.15) is 0 Å². The number of rotatable bonds is 4. The predicted molar refractivity (Wildman–Crippen MR) is 216 cm³/mol. The lowest BCUT2D eigenvalue weighted by atomic mass is 9.80. The molecule has 0 nitrogen and oxygen atoms in total. The van der Waals surface area contributed by atoms with Crippen LogP contribution in [0.1, 0.15) is 0 Å². The maximum absolute atomic E-state index is 2.42. The van der Waals surface area contributed by atoms with Gasteiger partial charge in [0.15, 0.2) is 0 Å². The van der Waals surface area contributed by atoms with E-state index in [0.29, 0.717) is 0 Å². The molecule has 10 aromatic carbocycles. The van der Waals surface area contributed by atoms with Crippen molar-refractivity contribution in [1.82, 2.24) is 0 Å². The molecular weight excluding hydrogens is 601 g/mol. The van der Waals surface area contributed by atoms with Crippen LogP contribution in [-0.4, -0.2) is 0 Å². The zero-order chi connectivity index (χ0) is 33.0. The lowest BCUT2D eigenvalue weighted by Gasteiger charge is -2.22. The Balaban J connectivity index is 1.40. The predicted octanol–water partition coefficient (Wildman–Crippen LogP) is 14.1. The maximum atomic E-state index is 2.42. The van der Waals surface area contributed by atoms with Crippen LogP contribution in [0.3, 0.4) is 0 Å². The Labute approximate surface area is 291 Å². The summed E-state index contributed by atoms with van der Waals surface area (Å²) in [6.45, 7) is 0. The summed E-state index contributed by atoms with van der Waals surface area (Å²) in [5.41, 5.74) is 10.0. The number of hydrogen-bond acceptors (Lipinski definition) is 0. The highest BCUT2D eigenvalue weighted by atomic mass is 14.3. The van der Waals surface area contributed by atoms with Crippen molar-refractivity contribution < 1.29 is 0 Å². The summed E-state index contributed by atoms with van der Waals surface area (Å²) in [5.74, 6) is 0. The van der Waals surface area contributed by atoms with Gasteiger partial charge in [-0.25, -0.2) is 0 Å². The van der Waals surface area contributed by atoms with Crippen LogP contribution in [0.15, 0.2) is 194 Å². The van der Waals surface area contributed by atoms with Crippen molar-refractivity contribution in [2.45, 2.75) is 0 Å². The standard InChI is InChI=1S/C50H32/c1-3-15-33(16-4-1)37-29-30-45-46(32-37)48(38-28-27-34-17-7-8-20-36(34)31-38)41-23-11-14-26-44(41)50(45)49-42-24-12-9-21-39(42)47(35-18-5-2-6-19-35)40-22-10-13-25-43(40)49/h1-32H. The lowest BCUT2D eigenvalue weighted by molar-refractivity contribution is 1.64. The van der Waals surface area contributed by atoms with E-state index in [9.17, 15) is 0 Å². The highest BCUT2D eigenvalue weighted by Gasteiger charge is 2.22. The second-order valence-electron chi connectivity index (χ2n) is 13.2. The van der Waals surface area contributed by atoms with Gasteiger partial charge in [-0.1, -0.05) is 182 Å². The van der Waals surface area contributed by atoms with E-state index >= 15 is 0 Å². The Morgan fingerprint density at radius 1 is 0.180 bits per heavy atom. The third-order valence-electron chi connectivity index (χ3n) is 10.4. The number of hydrogen-bond donors (Lipinski definition) is 0. The van der Waals surface area contributed by atoms with Gasteiger partial charge in [-0.3, -0.25) is 0 Å². The van der Waals surface area contributed by atoms with E-state index < -0.39 is 0 Å². The van der Waals surface area contributed by atoms with Gasteiger partial charge >= 0.3 is 0 Å². The van der Waals surface area contributed by atoms with Gasteiger partial charge in [0.05, 0.1) is 0 Å². The Hall–Kier alpha value is -6.50. The SMILES string of the molecule is c1ccc(-c2ccc3c(-c4c5ccccc5c(-c5ccccc5)c5ccccc45)c4ccccc4c(-c4ccc5ccccc5c4)c3c2)cc1. The topological polar surface area (TPSA) is 0 Å². The van der Waals surface area contributed by atoms with E-state index in [0.717, 1.165) is 0 Å². The number of benzene rings is 10. The fraction of sp³-hybridized carbons (Fsp3) is 0. The molecule has 0 spiro atoms. The minimum absolute atomic E-state index is 1.22. The smallest absolute Gasteiger partial charge is 0.00139 e. The van der Waals surface area contributed by atoms with Gasteiger partial charge in [0.25, 0.3) is 0 Å². The van der Waals surface area contributed by atoms with Crippen molar-refractivity contribution in [1.29, 1.82) is 0 Å². The summed E-state index contributed by atoms with van der Waals surface area (Å²) in [5, 5.41) is 12.6. The lowest BCUT2D eigenvalue weighted by Crippen LogP contribution is -1.95. The molecule has 0 aromatic heterocycles.